The second kappa shape index (κ2) is 4.78. The number of rotatable bonds is 1. The smallest absolute Gasteiger partial charge is 0.412 e. The molecule has 1 aromatic rings. The molecule has 1 amide bonds. The van der Waals surface area contributed by atoms with Crippen molar-refractivity contribution in [3.8, 4) is 0 Å². The first-order chi connectivity index (χ1) is 7.28. The van der Waals surface area contributed by atoms with Gasteiger partial charge in [-0.15, -0.1) is 12.6 Å². The lowest BCUT2D eigenvalue weighted by Gasteiger charge is -2.20. The largest absolute Gasteiger partial charge is 0.444 e. The van der Waals surface area contributed by atoms with Crippen LogP contribution >= 0.6 is 12.6 Å². The number of hydrogen-bond donors (Lipinski definition) is 2. The minimum atomic E-state index is -0.495. The molecule has 0 aromatic heterocycles. The summed E-state index contributed by atoms with van der Waals surface area (Å²) in [5.41, 5.74) is 1.23. The second-order valence-electron chi connectivity index (χ2n) is 4.65. The summed E-state index contributed by atoms with van der Waals surface area (Å²) in [6.45, 7) is 7.42. The topological polar surface area (TPSA) is 38.3 Å². The van der Waals surface area contributed by atoms with E-state index in [1.54, 1.807) is 0 Å². The molecule has 0 spiro atoms. The molecule has 0 unspecified atom stereocenters. The van der Waals surface area contributed by atoms with Crippen molar-refractivity contribution in [3.05, 3.63) is 23.8 Å². The van der Waals surface area contributed by atoms with E-state index in [-0.39, 0.29) is 0 Å². The molecule has 1 N–H and O–H groups in total. The van der Waals surface area contributed by atoms with Crippen molar-refractivity contribution in [1.82, 2.24) is 0 Å². The van der Waals surface area contributed by atoms with Gasteiger partial charge in [0.2, 0.25) is 0 Å². The van der Waals surface area contributed by atoms with Gasteiger partial charge in [0.25, 0.3) is 0 Å². The Bertz CT molecular complexity index is 396. The summed E-state index contributed by atoms with van der Waals surface area (Å²) in [5, 5.41) is 2.67. The fourth-order valence-corrected chi connectivity index (χ4v) is 1.36. The Hall–Kier alpha value is -1.16. The Morgan fingerprint density at radius 2 is 2.00 bits per heavy atom. The molecule has 0 radical (unpaired) electrons. The maximum absolute atomic E-state index is 11.5. The number of hydrogen-bond acceptors (Lipinski definition) is 3. The highest BCUT2D eigenvalue weighted by Crippen LogP contribution is 2.21. The molecule has 16 heavy (non-hydrogen) atoms. The van der Waals surface area contributed by atoms with E-state index < -0.39 is 11.7 Å². The quantitative estimate of drug-likeness (QED) is 0.734. The van der Waals surface area contributed by atoms with Gasteiger partial charge in [0.05, 0.1) is 5.69 Å². The normalized spacial score (nSPS) is 11.1. The molecule has 0 aliphatic carbocycles. The van der Waals surface area contributed by atoms with Crippen LogP contribution in [-0.2, 0) is 4.74 Å². The van der Waals surface area contributed by atoms with Gasteiger partial charge < -0.3 is 4.74 Å². The third-order valence-electron chi connectivity index (χ3n) is 1.79. The van der Waals surface area contributed by atoms with Gasteiger partial charge in [-0.05, 0) is 45.4 Å². The van der Waals surface area contributed by atoms with Gasteiger partial charge in [-0.3, -0.25) is 5.32 Å². The Balaban J connectivity index is 2.73. The van der Waals surface area contributed by atoms with Crippen molar-refractivity contribution in [2.45, 2.75) is 38.2 Å². The number of benzene rings is 1. The standard InChI is InChI=1S/C12H17NO2S/c1-8-5-6-10(16)9(7-8)13-11(14)15-12(2,3)4/h5-7,16H,1-4H3,(H,13,14). The molecular weight excluding hydrogens is 222 g/mol. The Kier molecular flexibility index (Phi) is 3.86. The van der Waals surface area contributed by atoms with Crippen molar-refractivity contribution < 1.29 is 9.53 Å². The van der Waals surface area contributed by atoms with Crippen molar-refractivity contribution in [2.75, 3.05) is 5.32 Å². The zero-order valence-electron chi connectivity index (χ0n) is 10.00. The lowest BCUT2D eigenvalue weighted by Crippen LogP contribution is -2.27. The van der Waals surface area contributed by atoms with Crippen LogP contribution in [-0.4, -0.2) is 11.7 Å². The van der Waals surface area contributed by atoms with Gasteiger partial charge in [0.15, 0.2) is 0 Å². The lowest BCUT2D eigenvalue weighted by molar-refractivity contribution is 0.0635. The van der Waals surface area contributed by atoms with Crippen molar-refractivity contribution in [2.24, 2.45) is 0 Å². The zero-order valence-corrected chi connectivity index (χ0v) is 10.9. The van der Waals surface area contributed by atoms with E-state index in [0.717, 1.165) is 10.5 Å². The molecule has 0 saturated heterocycles. The minimum absolute atomic E-state index is 0.464. The number of carbonyl (C=O) groups is 1. The summed E-state index contributed by atoms with van der Waals surface area (Å²) >= 11 is 4.26. The summed E-state index contributed by atoms with van der Waals surface area (Å²) < 4.78 is 5.15. The lowest BCUT2D eigenvalue weighted by atomic mass is 10.2. The molecule has 0 aliphatic heterocycles. The maximum atomic E-state index is 11.5. The minimum Gasteiger partial charge on any atom is -0.444 e. The maximum Gasteiger partial charge on any atom is 0.412 e. The number of anilines is 1. The van der Waals surface area contributed by atoms with Crippen LogP contribution in [0.15, 0.2) is 23.1 Å². The number of carbonyl (C=O) groups excluding carboxylic acids is 1. The molecule has 0 aliphatic rings. The third-order valence-corrected chi connectivity index (χ3v) is 2.18. The summed E-state index contributed by atoms with van der Waals surface area (Å²) in [6.07, 6.45) is -0.464. The molecule has 1 aromatic carbocycles. The number of amides is 1. The fourth-order valence-electron chi connectivity index (χ4n) is 1.16. The molecule has 3 nitrogen and oxygen atoms in total. The molecule has 1 rings (SSSR count). The second-order valence-corrected chi connectivity index (χ2v) is 5.13. The fraction of sp³-hybridized carbons (Fsp3) is 0.417. The highest BCUT2D eigenvalue weighted by atomic mass is 32.1. The van der Waals surface area contributed by atoms with Crippen LogP contribution in [0.1, 0.15) is 26.3 Å². The van der Waals surface area contributed by atoms with E-state index in [9.17, 15) is 4.79 Å². The SMILES string of the molecule is Cc1ccc(S)c(NC(=O)OC(C)(C)C)c1. The van der Waals surface area contributed by atoms with E-state index in [4.69, 9.17) is 4.74 Å². The first kappa shape index (κ1) is 12.9. The average molecular weight is 239 g/mol. The monoisotopic (exact) mass is 239 g/mol. The first-order valence-corrected chi connectivity index (χ1v) is 5.52. The van der Waals surface area contributed by atoms with Gasteiger partial charge in [-0.2, -0.15) is 0 Å². The zero-order chi connectivity index (χ0) is 12.3. The van der Waals surface area contributed by atoms with Gasteiger partial charge in [-0.25, -0.2) is 4.79 Å². The predicted octanol–water partition coefficient (Wildman–Crippen LogP) is 3.63. The van der Waals surface area contributed by atoms with Gasteiger partial charge >= 0.3 is 6.09 Å². The van der Waals surface area contributed by atoms with Gasteiger partial charge in [-0.1, -0.05) is 6.07 Å². The first-order valence-electron chi connectivity index (χ1n) is 5.07. The molecule has 88 valence electrons. The molecule has 0 fully saturated rings. The number of aryl methyl sites for hydroxylation is 1. The Morgan fingerprint density at radius 3 is 2.56 bits per heavy atom. The Labute approximate surface area is 102 Å². The van der Waals surface area contributed by atoms with E-state index in [0.29, 0.717) is 5.69 Å². The van der Waals surface area contributed by atoms with Gasteiger partial charge in [0.1, 0.15) is 5.60 Å². The highest BCUT2D eigenvalue weighted by molar-refractivity contribution is 7.80. The third kappa shape index (κ3) is 4.14. The summed E-state index contributed by atoms with van der Waals surface area (Å²) in [4.78, 5) is 12.2. The van der Waals surface area contributed by atoms with E-state index in [2.05, 4.69) is 17.9 Å². The number of thiol groups is 1. The molecular formula is C12H17NO2S. The molecule has 0 saturated carbocycles. The van der Waals surface area contributed by atoms with E-state index >= 15 is 0 Å². The molecule has 0 heterocycles. The highest BCUT2D eigenvalue weighted by Gasteiger charge is 2.16. The predicted molar refractivity (Wildman–Crippen MR) is 68.3 cm³/mol. The van der Waals surface area contributed by atoms with Crippen LogP contribution < -0.4 is 5.32 Å². The van der Waals surface area contributed by atoms with Crippen LogP contribution in [0.3, 0.4) is 0 Å². The van der Waals surface area contributed by atoms with Crippen molar-refractivity contribution in [1.29, 1.82) is 0 Å². The van der Waals surface area contributed by atoms with Crippen LogP contribution in [0.5, 0.6) is 0 Å². The van der Waals surface area contributed by atoms with Crippen LogP contribution in [0.25, 0.3) is 0 Å². The molecule has 0 bridgehead atoms. The number of nitrogens with one attached hydrogen (secondary N) is 1. The van der Waals surface area contributed by atoms with E-state index in [1.807, 2.05) is 45.9 Å². The van der Waals surface area contributed by atoms with Crippen LogP contribution in [0.2, 0.25) is 0 Å². The van der Waals surface area contributed by atoms with Crippen molar-refractivity contribution in [3.63, 3.8) is 0 Å². The summed E-state index contributed by atoms with van der Waals surface area (Å²) in [7, 11) is 0. The van der Waals surface area contributed by atoms with Crippen LogP contribution in [0, 0.1) is 6.92 Å². The van der Waals surface area contributed by atoms with Crippen molar-refractivity contribution >= 4 is 24.4 Å². The average Bonchev–Trinajstić information content (AvgIpc) is 2.08. The van der Waals surface area contributed by atoms with E-state index in [1.165, 1.54) is 0 Å². The molecule has 4 heteroatoms. The summed E-state index contributed by atoms with van der Waals surface area (Å²) in [6, 6.07) is 5.63. The summed E-state index contributed by atoms with van der Waals surface area (Å²) in [5.74, 6) is 0. The Morgan fingerprint density at radius 1 is 1.38 bits per heavy atom. The number of ether oxygens (including phenoxy) is 1. The molecule has 0 atom stereocenters. The van der Waals surface area contributed by atoms with Gasteiger partial charge in [0, 0.05) is 4.90 Å². The van der Waals surface area contributed by atoms with Crippen LogP contribution in [0.4, 0.5) is 10.5 Å².